The van der Waals surface area contributed by atoms with Gasteiger partial charge in [0, 0.05) is 11.1 Å². The molecule has 3 aliphatic heterocycles. The van der Waals surface area contributed by atoms with Crippen LogP contribution < -0.4 is 25.0 Å². The van der Waals surface area contributed by atoms with Gasteiger partial charge in [0.15, 0.2) is 5.13 Å². The lowest BCUT2D eigenvalue weighted by molar-refractivity contribution is -0.177. The summed E-state index contributed by atoms with van der Waals surface area (Å²) in [7, 11) is 2.78. The molecule has 16 heteroatoms. The van der Waals surface area contributed by atoms with E-state index in [4.69, 9.17) is 23.9 Å². The number of thiazole rings is 1. The fourth-order valence-electron chi connectivity index (χ4n) is 10.6. The maximum atomic E-state index is 16.8. The number of benzene rings is 6. The van der Waals surface area contributed by atoms with E-state index in [1.807, 2.05) is 102 Å². The summed E-state index contributed by atoms with van der Waals surface area (Å²) in [6.07, 6.45) is -0.968. The van der Waals surface area contributed by atoms with E-state index in [9.17, 15) is 9.90 Å². The first kappa shape index (κ1) is 49.2. The lowest BCUT2D eigenvalue weighted by Gasteiger charge is -2.46. The molecule has 0 radical (unpaired) electrons. The summed E-state index contributed by atoms with van der Waals surface area (Å²) in [4.78, 5) is 84.5. The molecule has 1 spiro atoms. The van der Waals surface area contributed by atoms with E-state index >= 15 is 19.2 Å². The van der Waals surface area contributed by atoms with Crippen LogP contribution in [0.2, 0.25) is 0 Å². The number of aliphatic hydroxyl groups excluding tert-OH is 1. The lowest BCUT2D eigenvalue weighted by atomic mass is 9.65. The molecule has 3 N–H and O–H groups in total. The van der Waals surface area contributed by atoms with E-state index in [0.29, 0.717) is 44.8 Å². The Morgan fingerprint density at radius 1 is 0.784 bits per heavy atom. The highest BCUT2D eigenvalue weighted by molar-refractivity contribution is 7.22. The van der Waals surface area contributed by atoms with Crippen LogP contribution in [0.25, 0.3) is 10.2 Å². The number of hydrogen-bond acceptors (Lipinski definition) is 13. The Balaban J connectivity index is 1.27. The molecule has 7 unspecified atom stereocenters. The zero-order valence-corrected chi connectivity index (χ0v) is 41.6. The minimum Gasteiger partial charge on any atom is -0.497 e. The van der Waals surface area contributed by atoms with E-state index in [1.165, 1.54) is 18.4 Å². The molecule has 4 amide bonds. The average Bonchev–Trinajstić information content (AvgIpc) is 4.13. The van der Waals surface area contributed by atoms with Gasteiger partial charge in [0.05, 0.1) is 54.7 Å². The van der Waals surface area contributed by atoms with Crippen LogP contribution in [-0.4, -0.2) is 84.3 Å². The van der Waals surface area contributed by atoms with Crippen molar-refractivity contribution in [3.8, 4) is 23.3 Å². The maximum Gasteiger partial charge on any atom is 0.329 e. The SMILES string of the molecule is COC(=O)C(NC(=O)N1C(=O)C2(c3cc(C#Cc4ccc(OC)cc4)ccc31)C(C(=O)Nc1nc3ccccc3s1)C1C(=O)OC(c3ccccc3)C(c3ccccc3)N1C2c1ccc(OCCO)cc1)C(C)C. The molecule has 7 atom stereocenters. The van der Waals surface area contributed by atoms with E-state index in [0.717, 1.165) is 9.60 Å². The molecule has 7 aromatic rings. The van der Waals surface area contributed by atoms with Gasteiger partial charge in [-0.25, -0.2) is 19.5 Å². The number of methoxy groups -OCH3 is 2. The second kappa shape index (κ2) is 20.6. The highest BCUT2D eigenvalue weighted by Gasteiger charge is 2.75. The normalized spacial score (nSPS) is 21.3. The van der Waals surface area contributed by atoms with Gasteiger partial charge in [-0.05, 0) is 94.9 Å². The molecular weight excluding hydrogens is 959 g/mol. The third-order valence-electron chi connectivity index (χ3n) is 13.9. The predicted octanol–water partition coefficient (Wildman–Crippen LogP) is 8.29. The van der Waals surface area contributed by atoms with Crippen LogP contribution in [0.15, 0.2) is 152 Å². The summed E-state index contributed by atoms with van der Waals surface area (Å²) in [6, 6.07) is 39.5. The van der Waals surface area contributed by atoms with Gasteiger partial charge in [-0.2, -0.15) is 0 Å². The Bertz CT molecular complexity index is 3290. The van der Waals surface area contributed by atoms with Crippen molar-refractivity contribution in [1.82, 2.24) is 15.2 Å². The molecule has 15 nitrogen and oxygen atoms in total. The first-order valence-electron chi connectivity index (χ1n) is 24.1. The number of cyclic esters (lactones) is 1. The van der Waals surface area contributed by atoms with Gasteiger partial charge in [-0.1, -0.05) is 122 Å². The second-order valence-corrected chi connectivity index (χ2v) is 19.5. The lowest BCUT2D eigenvalue weighted by Crippen LogP contribution is -2.57. The molecule has 3 aliphatic rings. The van der Waals surface area contributed by atoms with E-state index < -0.39 is 77.3 Å². The highest BCUT2D eigenvalue weighted by atomic mass is 32.1. The number of amides is 4. The molecular formula is C58H51N5O10S. The number of anilines is 2. The van der Waals surface area contributed by atoms with E-state index in [2.05, 4.69) is 22.5 Å². The summed E-state index contributed by atoms with van der Waals surface area (Å²) in [5.74, 6) is 2.29. The molecule has 374 valence electrons. The smallest absolute Gasteiger partial charge is 0.329 e. The quantitative estimate of drug-likeness (QED) is 0.0787. The molecule has 4 heterocycles. The standard InChI is InChI=1S/C58H51N5O10S/c1-34(2)47(53(66)71-4)60-57(69)62-44-30-23-36(20-19-35-21-26-40(70-3)27-22-35)33-42(44)58(55(62)68)46(52(65)61-56-59-43-17-11-12-18-45(43)74-56)49-54(67)73-50(38-15-9-6-10-16-38)48(37-13-7-5-8-14-37)63(49)51(58)39-24-28-41(29-25-39)72-32-31-64/h5-18,21-30,33-34,46-51,64H,31-32H2,1-4H3,(H,60,69)(H,59,61,65). The number of ether oxygens (including phenoxy) is 4. The van der Waals surface area contributed by atoms with Gasteiger partial charge < -0.3 is 34.7 Å². The summed E-state index contributed by atoms with van der Waals surface area (Å²) < 4.78 is 23.7. The second-order valence-electron chi connectivity index (χ2n) is 18.4. The number of aromatic nitrogens is 1. The predicted molar refractivity (Wildman–Crippen MR) is 277 cm³/mol. The van der Waals surface area contributed by atoms with Crippen LogP contribution in [0.1, 0.15) is 65.4 Å². The van der Waals surface area contributed by atoms with Crippen LogP contribution >= 0.6 is 11.3 Å². The third kappa shape index (κ3) is 8.78. The number of hydrogen-bond donors (Lipinski definition) is 3. The molecule has 6 aromatic carbocycles. The highest BCUT2D eigenvalue weighted by Crippen LogP contribution is 2.66. The number of rotatable bonds is 12. The number of carbonyl (C=O) groups excluding carboxylic acids is 5. The Morgan fingerprint density at radius 2 is 1.43 bits per heavy atom. The van der Waals surface area contributed by atoms with Gasteiger partial charge in [0.2, 0.25) is 11.8 Å². The molecule has 0 aliphatic carbocycles. The topological polar surface area (TPSA) is 186 Å². The Hall–Kier alpha value is -8.36. The number of nitrogens with zero attached hydrogens (tertiary/aromatic N) is 3. The number of nitrogens with one attached hydrogen (secondary N) is 2. The first-order valence-corrected chi connectivity index (χ1v) is 24.9. The summed E-state index contributed by atoms with van der Waals surface area (Å²) in [5.41, 5.74) is 1.74. The minimum absolute atomic E-state index is 0.00875. The number of esters is 2. The molecule has 2 fully saturated rings. The molecule has 10 rings (SSSR count). The fraction of sp³-hybridized carbons (Fsp3) is 0.241. The number of morpholine rings is 1. The van der Waals surface area contributed by atoms with Crippen molar-refractivity contribution in [2.45, 2.75) is 49.5 Å². The van der Waals surface area contributed by atoms with Crippen molar-refractivity contribution in [1.29, 1.82) is 0 Å². The van der Waals surface area contributed by atoms with Crippen LogP contribution in [0.5, 0.6) is 11.5 Å². The minimum atomic E-state index is -2.15. The van der Waals surface area contributed by atoms with Crippen molar-refractivity contribution in [2.75, 3.05) is 37.7 Å². The van der Waals surface area contributed by atoms with Crippen molar-refractivity contribution in [3.05, 3.63) is 185 Å². The van der Waals surface area contributed by atoms with E-state index in [1.54, 1.807) is 75.6 Å². The van der Waals surface area contributed by atoms with Crippen molar-refractivity contribution in [2.24, 2.45) is 11.8 Å². The Labute approximate surface area is 431 Å². The van der Waals surface area contributed by atoms with Crippen molar-refractivity contribution >= 4 is 62.2 Å². The summed E-state index contributed by atoms with van der Waals surface area (Å²) in [5, 5.41) is 15.7. The average molecular weight is 1010 g/mol. The van der Waals surface area contributed by atoms with Gasteiger partial charge in [0.25, 0.3) is 0 Å². The zero-order valence-electron chi connectivity index (χ0n) is 40.8. The number of fused-ring (bicyclic) bond motifs is 4. The Kier molecular flexibility index (Phi) is 13.7. The Morgan fingerprint density at radius 3 is 2.09 bits per heavy atom. The summed E-state index contributed by atoms with van der Waals surface area (Å²) in [6.45, 7) is 3.23. The monoisotopic (exact) mass is 1010 g/mol. The number of urea groups is 1. The van der Waals surface area contributed by atoms with E-state index in [-0.39, 0.29) is 29.6 Å². The van der Waals surface area contributed by atoms with Gasteiger partial charge in [-0.15, -0.1) is 0 Å². The first-order chi connectivity index (χ1) is 36.0. The summed E-state index contributed by atoms with van der Waals surface area (Å²) >= 11 is 1.23. The molecule has 1 aromatic heterocycles. The number of carbonyl (C=O) groups is 5. The van der Waals surface area contributed by atoms with Gasteiger partial charge in [-0.3, -0.25) is 19.3 Å². The molecule has 2 saturated heterocycles. The van der Waals surface area contributed by atoms with Crippen LogP contribution in [0, 0.1) is 23.7 Å². The number of para-hydroxylation sites is 1. The number of imide groups is 1. The fourth-order valence-corrected chi connectivity index (χ4v) is 11.5. The third-order valence-corrected chi connectivity index (χ3v) is 14.8. The molecule has 74 heavy (non-hydrogen) atoms. The maximum absolute atomic E-state index is 16.8. The van der Waals surface area contributed by atoms with Crippen LogP contribution in [0.3, 0.4) is 0 Å². The van der Waals surface area contributed by atoms with Crippen LogP contribution in [0.4, 0.5) is 15.6 Å². The molecule has 0 saturated carbocycles. The van der Waals surface area contributed by atoms with Gasteiger partial charge in [0.1, 0.15) is 41.7 Å². The van der Waals surface area contributed by atoms with Gasteiger partial charge >= 0.3 is 18.0 Å². The van der Waals surface area contributed by atoms with Crippen molar-refractivity contribution < 1.29 is 48.0 Å². The number of aliphatic hydroxyl groups is 1. The largest absolute Gasteiger partial charge is 0.497 e. The van der Waals surface area contributed by atoms with Crippen molar-refractivity contribution in [3.63, 3.8) is 0 Å². The van der Waals surface area contributed by atoms with Crippen LogP contribution in [-0.2, 0) is 34.1 Å². The molecule has 0 bridgehead atoms. The zero-order chi connectivity index (χ0) is 51.7.